The van der Waals surface area contributed by atoms with Crippen LogP contribution in [-0.2, 0) is 0 Å². The third-order valence-electron chi connectivity index (χ3n) is 3.37. The van der Waals surface area contributed by atoms with Crippen LogP contribution in [-0.4, -0.2) is 0 Å². The molecule has 0 heterocycles. The third kappa shape index (κ3) is 3.61. The van der Waals surface area contributed by atoms with Crippen LogP contribution in [0.3, 0.4) is 0 Å². The van der Waals surface area contributed by atoms with Crippen molar-refractivity contribution in [2.45, 2.75) is 0 Å². The summed E-state index contributed by atoms with van der Waals surface area (Å²) in [6.07, 6.45) is 0. The fourth-order valence-electron chi connectivity index (χ4n) is 2.29. The maximum atomic E-state index is 2.33. The molecule has 0 spiro atoms. The lowest BCUT2D eigenvalue weighted by atomic mass is 10.1. The van der Waals surface area contributed by atoms with E-state index in [9.17, 15) is 0 Å². The summed E-state index contributed by atoms with van der Waals surface area (Å²) in [4.78, 5) is 0. The van der Waals surface area contributed by atoms with Crippen molar-refractivity contribution in [2.24, 2.45) is 0 Å². The summed E-state index contributed by atoms with van der Waals surface area (Å²) in [7, 11) is 0. The Bertz CT molecular complexity index is 800. The van der Waals surface area contributed by atoms with Gasteiger partial charge in [-0.1, -0.05) is 78.9 Å². The molecule has 4 aromatic rings. The molecular weight excluding hydrogens is 367 g/mol. The predicted molar refractivity (Wildman–Crippen MR) is 101 cm³/mol. The van der Waals surface area contributed by atoms with Gasteiger partial charge in [-0.3, -0.25) is 0 Å². The van der Waals surface area contributed by atoms with Crippen LogP contribution in [0.25, 0.3) is 21.5 Å². The zero-order valence-corrected chi connectivity index (χ0v) is 13.7. The molecule has 0 atom stereocenters. The molecule has 4 rings (SSSR count). The minimum absolute atomic E-state index is 1.29. The van der Waals surface area contributed by atoms with Gasteiger partial charge in [-0.2, -0.15) is 0 Å². The van der Waals surface area contributed by atoms with Crippen molar-refractivity contribution >= 4 is 44.1 Å². The molecule has 0 N–H and O–H groups in total. The highest BCUT2D eigenvalue weighted by atomic mass is 127. The highest BCUT2D eigenvalue weighted by molar-refractivity contribution is 14.1. The van der Waals surface area contributed by atoms with Gasteiger partial charge < -0.3 is 0 Å². The minimum atomic E-state index is 1.29. The summed E-state index contributed by atoms with van der Waals surface area (Å²) in [5.74, 6) is 0. The molecule has 0 radical (unpaired) electrons. The molecule has 0 aromatic heterocycles. The number of halogens is 1. The smallest absolute Gasteiger partial charge is 0.0136 e. The standard InChI is InChI=1S/C10H7I.C10H8/c11-10-6-5-8-3-1-2-4-9(8)7-10;1-2-6-10-8-4-3-7-9(10)5-1/h1-7H;1-8H. The summed E-state index contributed by atoms with van der Waals surface area (Å²) >= 11 is 2.33. The molecule has 0 saturated heterocycles. The fourth-order valence-corrected chi connectivity index (χ4v) is 2.81. The molecule has 0 bridgehead atoms. The fraction of sp³-hybridized carbons (Fsp3) is 0. The van der Waals surface area contributed by atoms with Gasteiger partial charge in [0.25, 0.3) is 0 Å². The molecule has 0 nitrogen and oxygen atoms in total. The molecule has 0 fully saturated rings. The van der Waals surface area contributed by atoms with Gasteiger partial charge in [0.2, 0.25) is 0 Å². The van der Waals surface area contributed by atoms with E-state index in [4.69, 9.17) is 0 Å². The summed E-state index contributed by atoms with van der Waals surface area (Å²) in [5, 5.41) is 5.25. The molecular formula is C20H15I. The molecule has 0 aliphatic carbocycles. The van der Waals surface area contributed by atoms with Crippen LogP contribution in [0.2, 0.25) is 0 Å². The molecule has 4 aromatic carbocycles. The lowest BCUT2D eigenvalue weighted by molar-refractivity contribution is 1.70. The zero-order chi connectivity index (χ0) is 14.5. The van der Waals surface area contributed by atoms with Gasteiger partial charge in [0.15, 0.2) is 0 Å². The first-order valence-corrected chi connectivity index (χ1v) is 7.99. The van der Waals surface area contributed by atoms with Crippen molar-refractivity contribution in [3.8, 4) is 0 Å². The van der Waals surface area contributed by atoms with Gasteiger partial charge >= 0.3 is 0 Å². The van der Waals surface area contributed by atoms with Crippen molar-refractivity contribution < 1.29 is 0 Å². The maximum absolute atomic E-state index is 2.33. The van der Waals surface area contributed by atoms with Crippen molar-refractivity contribution in [3.05, 3.63) is 94.6 Å². The molecule has 102 valence electrons. The summed E-state index contributed by atoms with van der Waals surface area (Å²) < 4.78 is 1.29. The number of benzene rings is 4. The second-order valence-corrected chi connectivity index (χ2v) is 6.08. The Morgan fingerprint density at radius 2 is 0.810 bits per heavy atom. The summed E-state index contributed by atoms with van der Waals surface area (Å²) in [5.41, 5.74) is 0. The quantitative estimate of drug-likeness (QED) is 0.314. The predicted octanol–water partition coefficient (Wildman–Crippen LogP) is 6.28. The third-order valence-corrected chi connectivity index (χ3v) is 4.04. The first-order chi connectivity index (χ1) is 10.3. The summed E-state index contributed by atoms with van der Waals surface area (Å²) in [6, 6.07) is 31.6. The van der Waals surface area contributed by atoms with E-state index in [0.29, 0.717) is 0 Å². The summed E-state index contributed by atoms with van der Waals surface area (Å²) in [6.45, 7) is 0. The van der Waals surface area contributed by atoms with Crippen LogP contribution in [0, 0.1) is 3.57 Å². The van der Waals surface area contributed by atoms with Gasteiger partial charge in [0, 0.05) is 3.57 Å². The Labute approximate surface area is 138 Å². The lowest BCUT2D eigenvalue weighted by Gasteiger charge is -1.95. The molecule has 0 amide bonds. The van der Waals surface area contributed by atoms with E-state index in [1.807, 2.05) is 0 Å². The van der Waals surface area contributed by atoms with Crippen LogP contribution in [0.1, 0.15) is 0 Å². The molecule has 21 heavy (non-hydrogen) atoms. The number of hydrogen-bond donors (Lipinski definition) is 0. The first kappa shape index (κ1) is 14.1. The zero-order valence-electron chi connectivity index (χ0n) is 11.5. The number of fused-ring (bicyclic) bond motifs is 2. The van der Waals surface area contributed by atoms with E-state index >= 15 is 0 Å². The van der Waals surface area contributed by atoms with Crippen molar-refractivity contribution in [1.82, 2.24) is 0 Å². The number of rotatable bonds is 0. The van der Waals surface area contributed by atoms with Crippen LogP contribution in [0.15, 0.2) is 91.0 Å². The second kappa shape index (κ2) is 6.72. The SMILES string of the molecule is Ic1ccc2ccccc2c1.c1ccc2ccccc2c1. The Morgan fingerprint density at radius 1 is 0.429 bits per heavy atom. The molecule has 0 saturated carbocycles. The Kier molecular flexibility index (Phi) is 4.51. The Balaban J connectivity index is 0.000000126. The lowest BCUT2D eigenvalue weighted by Crippen LogP contribution is -1.72. The van der Waals surface area contributed by atoms with Crippen LogP contribution in [0.4, 0.5) is 0 Å². The van der Waals surface area contributed by atoms with E-state index in [0.717, 1.165) is 0 Å². The molecule has 0 aliphatic rings. The second-order valence-electron chi connectivity index (χ2n) is 4.84. The minimum Gasteiger partial charge on any atom is -0.0616 e. The van der Waals surface area contributed by atoms with E-state index in [2.05, 4.69) is 114 Å². The average Bonchev–Trinajstić information content (AvgIpc) is 2.55. The normalized spacial score (nSPS) is 10.1. The van der Waals surface area contributed by atoms with Crippen molar-refractivity contribution in [2.75, 3.05) is 0 Å². The Morgan fingerprint density at radius 3 is 1.29 bits per heavy atom. The van der Waals surface area contributed by atoms with Gasteiger partial charge in [-0.25, -0.2) is 0 Å². The highest BCUT2D eigenvalue weighted by Crippen LogP contribution is 2.16. The topological polar surface area (TPSA) is 0 Å². The van der Waals surface area contributed by atoms with E-state index < -0.39 is 0 Å². The maximum Gasteiger partial charge on any atom is 0.0136 e. The number of hydrogen-bond acceptors (Lipinski definition) is 0. The van der Waals surface area contributed by atoms with Crippen molar-refractivity contribution in [1.29, 1.82) is 0 Å². The average molecular weight is 382 g/mol. The molecule has 1 heteroatoms. The van der Waals surface area contributed by atoms with Gasteiger partial charge in [0.05, 0.1) is 0 Å². The van der Waals surface area contributed by atoms with Gasteiger partial charge in [-0.15, -0.1) is 0 Å². The highest BCUT2D eigenvalue weighted by Gasteiger charge is 1.90. The largest absolute Gasteiger partial charge is 0.0616 e. The van der Waals surface area contributed by atoms with Gasteiger partial charge in [-0.05, 0) is 56.3 Å². The Hall–Kier alpha value is -1.87. The van der Waals surface area contributed by atoms with E-state index in [1.54, 1.807) is 0 Å². The first-order valence-electron chi connectivity index (χ1n) is 6.91. The monoisotopic (exact) mass is 382 g/mol. The molecule has 0 unspecified atom stereocenters. The van der Waals surface area contributed by atoms with Crippen LogP contribution >= 0.6 is 22.6 Å². The van der Waals surface area contributed by atoms with Crippen LogP contribution in [0.5, 0.6) is 0 Å². The van der Waals surface area contributed by atoms with E-state index in [1.165, 1.54) is 25.1 Å². The van der Waals surface area contributed by atoms with E-state index in [-0.39, 0.29) is 0 Å². The van der Waals surface area contributed by atoms with Gasteiger partial charge in [0.1, 0.15) is 0 Å². The van der Waals surface area contributed by atoms with Crippen molar-refractivity contribution in [3.63, 3.8) is 0 Å². The van der Waals surface area contributed by atoms with Crippen LogP contribution < -0.4 is 0 Å². The molecule has 0 aliphatic heterocycles.